The third-order valence-electron chi connectivity index (χ3n) is 3.10. The average molecular weight is 281 g/mol. The molecule has 0 fully saturated rings. The van der Waals surface area contributed by atoms with Gasteiger partial charge >= 0.3 is 0 Å². The van der Waals surface area contributed by atoms with Crippen LogP contribution in [0, 0.1) is 19.3 Å². The molecule has 0 radical (unpaired) electrons. The summed E-state index contributed by atoms with van der Waals surface area (Å²) in [4.78, 5) is 4.02. The van der Waals surface area contributed by atoms with Crippen molar-refractivity contribution in [3.63, 3.8) is 0 Å². The molecule has 5 heteroatoms. The second-order valence-corrected chi connectivity index (χ2v) is 4.77. The van der Waals surface area contributed by atoms with Crippen LogP contribution >= 0.6 is 0 Å². The number of rotatable bonds is 4. The van der Waals surface area contributed by atoms with Gasteiger partial charge in [0.05, 0.1) is 6.21 Å². The molecule has 5 nitrogen and oxygen atoms in total. The quantitative estimate of drug-likeness (QED) is 0.457. The van der Waals surface area contributed by atoms with Gasteiger partial charge in [-0.1, -0.05) is 24.3 Å². The lowest BCUT2D eigenvalue weighted by atomic mass is 10.0. The zero-order valence-electron chi connectivity index (χ0n) is 12.2. The molecule has 0 unspecified atom stereocenters. The minimum Gasteiger partial charge on any atom is -0.351 e. The minimum atomic E-state index is 0.154. The van der Waals surface area contributed by atoms with Crippen molar-refractivity contribution in [2.75, 3.05) is 0 Å². The Morgan fingerprint density at radius 1 is 1.24 bits per heavy atom. The molecule has 0 aliphatic rings. The number of hydrogen-bond acceptors (Lipinski definition) is 3. The van der Waals surface area contributed by atoms with Crippen molar-refractivity contribution < 1.29 is 0 Å². The maximum atomic E-state index is 7.75. The van der Waals surface area contributed by atoms with Crippen LogP contribution in [0.25, 0.3) is 0 Å². The van der Waals surface area contributed by atoms with Crippen molar-refractivity contribution >= 4 is 12.2 Å². The number of aryl methyl sites for hydroxylation is 2. The molecule has 0 bridgehead atoms. The van der Waals surface area contributed by atoms with Crippen LogP contribution in [0.3, 0.4) is 0 Å². The standard InChI is InChI=1S/C16H19N5/c1-12-5-3-6-13(2)15(12)11-20-21-16(17)19-10-14-7-4-8-18-9-14/h3-9,11H,10H2,1-2H3,(H3,17,19,21)/b20-11+. The van der Waals surface area contributed by atoms with Gasteiger partial charge in [-0.25, -0.2) is 5.43 Å². The van der Waals surface area contributed by atoms with Gasteiger partial charge in [0.1, 0.15) is 0 Å². The van der Waals surface area contributed by atoms with E-state index in [-0.39, 0.29) is 5.96 Å². The molecule has 1 heterocycles. The lowest BCUT2D eigenvalue weighted by Crippen LogP contribution is -2.32. The van der Waals surface area contributed by atoms with Gasteiger partial charge < -0.3 is 5.32 Å². The predicted molar refractivity (Wildman–Crippen MR) is 85.4 cm³/mol. The second-order valence-electron chi connectivity index (χ2n) is 4.77. The summed E-state index contributed by atoms with van der Waals surface area (Å²) >= 11 is 0. The van der Waals surface area contributed by atoms with Gasteiger partial charge in [-0.2, -0.15) is 5.10 Å². The number of nitrogens with zero attached hydrogens (tertiary/aromatic N) is 2. The molecule has 0 aliphatic carbocycles. The topological polar surface area (TPSA) is 73.2 Å². The lowest BCUT2D eigenvalue weighted by molar-refractivity contribution is 0.833. The van der Waals surface area contributed by atoms with Crippen molar-refractivity contribution in [3.05, 3.63) is 65.0 Å². The molecule has 0 amide bonds. The molecule has 0 saturated heterocycles. The van der Waals surface area contributed by atoms with Crippen molar-refractivity contribution in [1.29, 1.82) is 5.41 Å². The highest BCUT2D eigenvalue weighted by Gasteiger charge is 1.99. The number of guanidine groups is 1. The summed E-state index contributed by atoms with van der Waals surface area (Å²) in [5, 5.41) is 14.8. The second kappa shape index (κ2) is 7.19. The highest BCUT2D eigenvalue weighted by molar-refractivity contribution is 5.85. The van der Waals surface area contributed by atoms with Gasteiger partial charge in [0.25, 0.3) is 0 Å². The predicted octanol–water partition coefficient (Wildman–Crippen LogP) is 2.35. The van der Waals surface area contributed by atoms with Crippen molar-refractivity contribution in [3.8, 4) is 0 Å². The molecule has 3 N–H and O–H groups in total. The van der Waals surface area contributed by atoms with E-state index in [0.717, 1.165) is 22.3 Å². The van der Waals surface area contributed by atoms with E-state index < -0.39 is 0 Å². The zero-order chi connectivity index (χ0) is 15.1. The first kappa shape index (κ1) is 14.7. The number of benzene rings is 1. The first-order valence-electron chi connectivity index (χ1n) is 6.73. The summed E-state index contributed by atoms with van der Waals surface area (Å²) in [6.45, 7) is 4.62. The van der Waals surface area contributed by atoms with Crippen LogP contribution < -0.4 is 10.7 Å². The molecule has 0 aliphatic heterocycles. The normalized spacial score (nSPS) is 10.6. The van der Waals surface area contributed by atoms with Gasteiger partial charge in [-0.3, -0.25) is 10.4 Å². The highest BCUT2D eigenvalue weighted by atomic mass is 15.4. The molecule has 0 atom stereocenters. The maximum absolute atomic E-state index is 7.75. The Kier molecular flexibility index (Phi) is 5.04. The molecule has 0 spiro atoms. The van der Waals surface area contributed by atoms with Crippen LogP contribution in [0.2, 0.25) is 0 Å². The number of hydrogen-bond donors (Lipinski definition) is 3. The number of nitrogens with one attached hydrogen (secondary N) is 3. The fraction of sp³-hybridized carbons (Fsp3) is 0.188. The van der Waals surface area contributed by atoms with Crippen molar-refractivity contribution in [1.82, 2.24) is 15.7 Å². The van der Waals surface area contributed by atoms with E-state index in [1.54, 1.807) is 18.6 Å². The van der Waals surface area contributed by atoms with Gasteiger partial charge in [0.2, 0.25) is 5.96 Å². The fourth-order valence-corrected chi connectivity index (χ4v) is 1.93. The van der Waals surface area contributed by atoms with E-state index in [1.165, 1.54) is 0 Å². The smallest absolute Gasteiger partial charge is 0.209 e. The van der Waals surface area contributed by atoms with Gasteiger partial charge in [0, 0.05) is 24.5 Å². The van der Waals surface area contributed by atoms with Crippen LogP contribution in [-0.2, 0) is 6.54 Å². The number of hydrazone groups is 1. The van der Waals surface area contributed by atoms with E-state index in [0.29, 0.717) is 6.54 Å². The highest BCUT2D eigenvalue weighted by Crippen LogP contribution is 2.10. The Hall–Kier alpha value is -2.69. The number of pyridine rings is 1. The summed E-state index contributed by atoms with van der Waals surface area (Å²) < 4.78 is 0. The first-order chi connectivity index (χ1) is 10.2. The zero-order valence-corrected chi connectivity index (χ0v) is 12.2. The Morgan fingerprint density at radius 2 is 2.00 bits per heavy atom. The van der Waals surface area contributed by atoms with Crippen molar-refractivity contribution in [2.45, 2.75) is 20.4 Å². The van der Waals surface area contributed by atoms with Gasteiger partial charge in [-0.15, -0.1) is 0 Å². The molecule has 1 aromatic heterocycles. The Balaban J connectivity index is 1.85. The molecular weight excluding hydrogens is 262 g/mol. The third-order valence-corrected chi connectivity index (χ3v) is 3.10. The molecule has 108 valence electrons. The van der Waals surface area contributed by atoms with Crippen molar-refractivity contribution in [2.24, 2.45) is 5.10 Å². The van der Waals surface area contributed by atoms with Crippen LogP contribution in [0.1, 0.15) is 22.3 Å². The first-order valence-corrected chi connectivity index (χ1v) is 6.73. The summed E-state index contributed by atoms with van der Waals surface area (Å²) in [6.07, 6.45) is 5.23. The molecular formula is C16H19N5. The number of aromatic nitrogens is 1. The average Bonchev–Trinajstić information content (AvgIpc) is 2.49. The van der Waals surface area contributed by atoms with Crippen LogP contribution in [-0.4, -0.2) is 17.2 Å². The Labute approximate surface area is 124 Å². The summed E-state index contributed by atoms with van der Waals surface area (Å²) in [5.41, 5.74) is 7.09. The van der Waals surface area contributed by atoms with E-state index in [4.69, 9.17) is 5.41 Å². The van der Waals surface area contributed by atoms with E-state index in [2.05, 4.69) is 20.8 Å². The van der Waals surface area contributed by atoms with E-state index >= 15 is 0 Å². The maximum Gasteiger partial charge on any atom is 0.209 e. The monoisotopic (exact) mass is 281 g/mol. The van der Waals surface area contributed by atoms with Crippen LogP contribution in [0.5, 0.6) is 0 Å². The van der Waals surface area contributed by atoms with Crippen LogP contribution in [0.15, 0.2) is 47.8 Å². The fourth-order valence-electron chi connectivity index (χ4n) is 1.93. The molecule has 1 aromatic carbocycles. The molecule has 0 saturated carbocycles. The molecule has 2 aromatic rings. The Morgan fingerprint density at radius 3 is 2.67 bits per heavy atom. The SMILES string of the molecule is Cc1cccc(C)c1/C=N/NC(=N)NCc1cccnc1. The molecule has 2 rings (SSSR count). The third kappa shape index (κ3) is 4.42. The van der Waals surface area contributed by atoms with E-state index in [1.807, 2.05) is 44.2 Å². The Bertz CT molecular complexity index is 614. The van der Waals surface area contributed by atoms with Gasteiger partial charge in [-0.05, 0) is 36.6 Å². The van der Waals surface area contributed by atoms with Gasteiger partial charge in [0.15, 0.2) is 0 Å². The minimum absolute atomic E-state index is 0.154. The summed E-state index contributed by atoms with van der Waals surface area (Å²) in [7, 11) is 0. The largest absolute Gasteiger partial charge is 0.351 e. The summed E-state index contributed by atoms with van der Waals surface area (Å²) in [6, 6.07) is 9.92. The lowest BCUT2D eigenvalue weighted by Gasteiger charge is -2.07. The van der Waals surface area contributed by atoms with Crippen LogP contribution in [0.4, 0.5) is 0 Å². The molecule has 21 heavy (non-hydrogen) atoms. The van der Waals surface area contributed by atoms with E-state index in [9.17, 15) is 0 Å². The summed E-state index contributed by atoms with van der Waals surface area (Å²) in [5.74, 6) is 0.154.